The van der Waals surface area contributed by atoms with E-state index in [1.807, 2.05) is 0 Å². The van der Waals surface area contributed by atoms with E-state index in [0.717, 1.165) is 6.26 Å². The number of hydrogen-bond acceptors (Lipinski definition) is 5. The average molecular weight is 228 g/mol. The van der Waals surface area contributed by atoms with E-state index in [1.165, 1.54) is 0 Å². The van der Waals surface area contributed by atoms with Crippen molar-refractivity contribution in [3.63, 3.8) is 0 Å². The van der Waals surface area contributed by atoms with E-state index in [4.69, 9.17) is 5.73 Å². The first-order chi connectivity index (χ1) is 5.70. The monoisotopic (exact) mass is 228 g/mol. The highest BCUT2D eigenvalue weighted by molar-refractivity contribution is 8.06. The first kappa shape index (κ1) is 10.9. The standard InChI is InChI=1S/C5H12N2O4S2/c1-12(8,9)3-13(10,11)7-5-2-4(5)6/h4-5,7H,2-3,6H2,1H3. The van der Waals surface area contributed by atoms with Gasteiger partial charge in [0.15, 0.2) is 14.9 Å². The zero-order valence-corrected chi connectivity index (χ0v) is 8.73. The molecule has 1 saturated carbocycles. The van der Waals surface area contributed by atoms with Crippen molar-refractivity contribution < 1.29 is 16.8 Å². The summed E-state index contributed by atoms with van der Waals surface area (Å²) in [5.74, 6) is 0. The Hall–Kier alpha value is -0.180. The Kier molecular flexibility index (Phi) is 2.68. The molecule has 2 unspecified atom stereocenters. The normalized spacial score (nSPS) is 28.8. The van der Waals surface area contributed by atoms with Crippen molar-refractivity contribution in [3.8, 4) is 0 Å². The molecule has 0 spiro atoms. The number of nitrogens with two attached hydrogens (primary N) is 1. The van der Waals surface area contributed by atoms with Gasteiger partial charge >= 0.3 is 0 Å². The summed E-state index contributed by atoms with van der Waals surface area (Å²) in [7, 11) is -7.24. The van der Waals surface area contributed by atoms with Crippen LogP contribution in [-0.2, 0) is 19.9 Å². The maximum absolute atomic E-state index is 11.1. The first-order valence-corrected chi connectivity index (χ1v) is 7.34. The van der Waals surface area contributed by atoms with Gasteiger partial charge in [0.1, 0.15) is 0 Å². The van der Waals surface area contributed by atoms with Gasteiger partial charge in [-0.05, 0) is 6.42 Å². The van der Waals surface area contributed by atoms with Crippen LogP contribution in [0, 0.1) is 0 Å². The minimum absolute atomic E-state index is 0.172. The van der Waals surface area contributed by atoms with Gasteiger partial charge in [-0.3, -0.25) is 0 Å². The molecule has 0 aromatic heterocycles. The summed E-state index contributed by atoms with van der Waals surface area (Å²) in [5, 5.41) is -0.872. The third-order valence-corrected chi connectivity index (χ3v) is 5.16. The van der Waals surface area contributed by atoms with Crippen LogP contribution in [0.2, 0.25) is 0 Å². The second-order valence-electron chi connectivity index (χ2n) is 3.28. The average Bonchev–Trinajstić information content (AvgIpc) is 2.36. The molecule has 1 fully saturated rings. The molecule has 0 aromatic carbocycles. The van der Waals surface area contributed by atoms with Crippen LogP contribution in [0.25, 0.3) is 0 Å². The van der Waals surface area contributed by atoms with E-state index in [9.17, 15) is 16.8 Å². The lowest BCUT2D eigenvalue weighted by Gasteiger charge is -2.03. The SMILES string of the molecule is CS(=O)(=O)CS(=O)(=O)NC1CC1N. The molecule has 1 rings (SSSR count). The van der Waals surface area contributed by atoms with Crippen LogP contribution in [-0.4, -0.2) is 40.3 Å². The van der Waals surface area contributed by atoms with Gasteiger partial charge in [-0.2, -0.15) is 0 Å². The smallest absolute Gasteiger partial charge is 0.226 e. The van der Waals surface area contributed by atoms with E-state index in [-0.39, 0.29) is 12.1 Å². The number of sulfone groups is 1. The van der Waals surface area contributed by atoms with Crippen LogP contribution in [0.1, 0.15) is 6.42 Å². The van der Waals surface area contributed by atoms with E-state index in [2.05, 4.69) is 4.72 Å². The Bertz CT molecular complexity index is 385. The second-order valence-corrected chi connectivity index (χ2v) is 7.54. The van der Waals surface area contributed by atoms with Gasteiger partial charge in [-0.25, -0.2) is 21.6 Å². The molecule has 2 atom stereocenters. The largest absolute Gasteiger partial charge is 0.326 e. The van der Waals surface area contributed by atoms with Crippen molar-refractivity contribution >= 4 is 19.9 Å². The third-order valence-electron chi connectivity index (χ3n) is 1.54. The van der Waals surface area contributed by atoms with Crippen molar-refractivity contribution in [2.45, 2.75) is 18.5 Å². The molecule has 0 bridgehead atoms. The number of hydrogen-bond donors (Lipinski definition) is 2. The third kappa shape index (κ3) is 4.03. The van der Waals surface area contributed by atoms with Crippen molar-refractivity contribution in [2.24, 2.45) is 5.73 Å². The van der Waals surface area contributed by atoms with Gasteiger partial charge in [0.05, 0.1) is 0 Å². The van der Waals surface area contributed by atoms with Crippen molar-refractivity contribution in [1.82, 2.24) is 4.72 Å². The summed E-state index contributed by atoms with van der Waals surface area (Å²) in [5.41, 5.74) is 5.36. The molecule has 0 aliphatic heterocycles. The molecule has 0 amide bonds. The van der Waals surface area contributed by atoms with Gasteiger partial charge < -0.3 is 5.73 Å². The zero-order chi connectivity index (χ0) is 10.3. The molecule has 13 heavy (non-hydrogen) atoms. The molecule has 0 aromatic rings. The molecule has 1 aliphatic carbocycles. The highest BCUT2D eigenvalue weighted by Crippen LogP contribution is 2.18. The molecular formula is C5H12N2O4S2. The van der Waals surface area contributed by atoms with Crippen molar-refractivity contribution in [2.75, 3.05) is 11.3 Å². The quantitative estimate of drug-likeness (QED) is 0.579. The Labute approximate surface area is 77.5 Å². The molecule has 1 aliphatic rings. The number of sulfonamides is 1. The van der Waals surface area contributed by atoms with Gasteiger partial charge in [0.2, 0.25) is 10.0 Å². The highest BCUT2D eigenvalue weighted by atomic mass is 32.3. The minimum atomic E-state index is -3.73. The van der Waals surface area contributed by atoms with Gasteiger partial charge in [0, 0.05) is 18.3 Å². The van der Waals surface area contributed by atoms with Crippen LogP contribution in [0.15, 0.2) is 0 Å². The zero-order valence-electron chi connectivity index (χ0n) is 7.10. The fourth-order valence-electron chi connectivity index (χ4n) is 0.897. The predicted octanol–water partition coefficient (Wildman–Crippen LogP) is -1.99. The number of rotatable bonds is 4. The molecule has 0 radical (unpaired) electrons. The lowest BCUT2D eigenvalue weighted by atomic mass is 10.7. The van der Waals surface area contributed by atoms with Crippen LogP contribution in [0.4, 0.5) is 0 Å². The molecule has 6 nitrogen and oxygen atoms in total. The molecule has 78 valence electrons. The van der Waals surface area contributed by atoms with Gasteiger partial charge in [0.25, 0.3) is 0 Å². The summed E-state index contributed by atoms with van der Waals surface area (Å²) >= 11 is 0. The number of nitrogens with one attached hydrogen (secondary N) is 1. The van der Waals surface area contributed by atoms with Crippen molar-refractivity contribution in [1.29, 1.82) is 0 Å². The topological polar surface area (TPSA) is 106 Å². The van der Waals surface area contributed by atoms with E-state index in [1.54, 1.807) is 0 Å². The minimum Gasteiger partial charge on any atom is -0.326 e. The lowest BCUT2D eigenvalue weighted by Crippen LogP contribution is -2.34. The fourth-order valence-corrected chi connectivity index (χ4v) is 4.16. The summed E-state index contributed by atoms with van der Waals surface area (Å²) in [6.45, 7) is 0. The Balaban J connectivity index is 2.57. The molecule has 0 heterocycles. The highest BCUT2D eigenvalue weighted by Gasteiger charge is 2.37. The van der Waals surface area contributed by atoms with Crippen LogP contribution >= 0.6 is 0 Å². The molecule has 0 saturated heterocycles. The maximum Gasteiger partial charge on any atom is 0.226 e. The molecule has 8 heteroatoms. The Morgan fingerprint density at radius 2 is 1.85 bits per heavy atom. The lowest BCUT2D eigenvalue weighted by molar-refractivity contribution is 0.579. The van der Waals surface area contributed by atoms with E-state index >= 15 is 0 Å². The van der Waals surface area contributed by atoms with Crippen LogP contribution < -0.4 is 10.5 Å². The summed E-state index contributed by atoms with van der Waals surface area (Å²) in [6.07, 6.45) is 1.45. The van der Waals surface area contributed by atoms with Gasteiger partial charge in [-0.15, -0.1) is 0 Å². The Morgan fingerprint density at radius 3 is 2.15 bits per heavy atom. The Morgan fingerprint density at radius 1 is 1.38 bits per heavy atom. The first-order valence-electron chi connectivity index (χ1n) is 3.63. The van der Waals surface area contributed by atoms with E-state index < -0.39 is 24.9 Å². The van der Waals surface area contributed by atoms with Crippen LogP contribution in [0.5, 0.6) is 0 Å². The van der Waals surface area contributed by atoms with E-state index in [0.29, 0.717) is 6.42 Å². The maximum atomic E-state index is 11.1. The van der Waals surface area contributed by atoms with Crippen LogP contribution in [0.3, 0.4) is 0 Å². The summed E-state index contributed by atoms with van der Waals surface area (Å²) in [4.78, 5) is 0. The predicted molar refractivity (Wildman–Crippen MR) is 48.1 cm³/mol. The summed E-state index contributed by atoms with van der Waals surface area (Å²) < 4.78 is 45.8. The molecule has 3 N–H and O–H groups in total. The van der Waals surface area contributed by atoms with Crippen molar-refractivity contribution in [3.05, 3.63) is 0 Å². The van der Waals surface area contributed by atoms with Gasteiger partial charge in [-0.1, -0.05) is 0 Å². The second kappa shape index (κ2) is 3.19. The summed E-state index contributed by atoms with van der Waals surface area (Å²) in [6, 6.07) is -0.457. The fraction of sp³-hybridized carbons (Fsp3) is 1.00. The molecular weight excluding hydrogens is 216 g/mol.